The van der Waals surface area contributed by atoms with E-state index in [0.29, 0.717) is 5.41 Å². The minimum absolute atomic E-state index is 0.184. The summed E-state index contributed by atoms with van der Waals surface area (Å²) in [6.45, 7) is 34.4. The van der Waals surface area contributed by atoms with Crippen LogP contribution < -0.4 is 0 Å². The predicted molar refractivity (Wildman–Crippen MR) is 214 cm³/mol. The Hall–Kier alpha value is -1.56. The molecule has 4 aliphatic rings. The zero-order valence-electron chi connectivity index (χ0n) is 34.7. The third-order valence-electron chi connectivity index (χ3n) is 15.0. The summed E-state index contributed by atoms with van der Waals surface area (Å²) in [5, 5.41) is 0. The number of hydrogen-bond donors (Lipinski definition) is 0. The molecule has 0 N–H and O–H groups in total. The summed E-state index contributed by atoms with van der Waals surface area (Å²) >= 11 is 0. The normalized spacial score (nSPS) is 31.5. The highest BCUT2D eigenvalue weighted by Crippen LogP contribution is 2.64. The lowest BCUT2D eigenvalue weighted by atomic mass is 9.57. The molecule has 49 heavy (non-hydrogen) atoms. The van der Waals surface area contributed by atoms with Gasteiger partial charge in [-0.25, -0.2) is 0 Å². The fraction of sp³-hybridized carbons (Fsp3) is 0.755. The van der Waals surface area contributed by atoms with Crippen molar-refractivity contribution in [2.75, 3.05) is 0 Å². The van der Waals surface area contributed by atoms with Gasteiger partial charge in [-0.1, -0.05) is 146 Å². The molecule has 2 aromatic carbocycles. The van der Waals surface area contributed by atoms with E-state index in [1.54, 1.807) is 33.4 Å². The van der Waals surface area contributed by atoms with Crippen LogP contribution in [0.3, 0.4) is 0 Å². The van der Waals surface area contributed by atoms with Gasteiger partial charge in [0.05, 0.1) is 0 Å². The van der Waals surface area contributed by atoms with Crippen molar-refractivity contribution < 1.29 is 0 Å². The van der Waals surface area contributed by atoms with Crippen LogP contribution in [0.5, 0.6) is 0 Å². The minimum atomic E-state index is 0.184. The van der Waals surface area contributed by atoms with E-state index in [4.69, 9.17) is 0 Å². The largest absolute Gasteiger partial charge is 0.0594 e. The minimum Gasteiger partial charge on any atom is -0.0594 e. The van der Waals surface area contributed by atoms with Crippen molar-refractivity contribution in [3.63, 3.8) is 0 Å². The van der Waals surface area contributed by atoms with Crippen LogP contribution in [0, 0.1) is 40.9 Å². The SMILES string of the molecule is CC(C)(C)c1cc(C2CCCC3C2CCC3C(C)(C)C2CCC3C(c4cc(C(C)(C)C)cc(C(C)(C)C)c4)CCCC32)cc(C(C)(C)C)c1. The van der Waals surface area contributed by atoms with E-state index in [2.05, 4.69) is 133 Å². The fourth-order valence-electron chi connectivity index (χ4n) is 12.0. The van der Waals surface area contributed by atoms with Gasteiger partial charge in [-0.2, -0.15) is 0 Å². The molecule has 0 bridgehead atoms. The third-order valence-corrected chi connectivity index (χ3v) is 15.0. The summed E-state index contributed by atoms with van der Waals surface area (Å²) < 4.78 is 0. The van der Waals surface area contributed by atoms with Gasteiger partial charge in [-0.15, -0.1) is 0 Å². The number of benzene rings is 2. The first-order valence-corrected chi connectivity index (χ1v) is 20.9. The molecule has 8 atom stereocenters. The Morgan fingerprint density at radius 3 is 0.939 bits per heavy atom. The Labute approximate surface area is 304 Å². The molecule has 0 heterocycles. The maximum atomic E-state index is 2.76. The molecule has 0 aliphatic heterocycles. The first-order valence-electron chi connectivity index (χ1n) is 20.9. The molecule has 0 radical (unpaired) electrons. The second-order valence-corrected chi connectivity index (χ2v) is 22.6. The molecule has 4 saturated carbocycles. The number of hydrogen-bond acceptors (Lipinski definition) is 0. The van der Waals surface area contributed by atoms with E-state index in [9.17, 15) is 0 Å². The maximum absolute atomic E-state index is 2.76. The lowest BCUT2D eigenvalue weighted by molar-refractivity contribution is 0.0204. The van der Waals surface area contributed by atoms with Crippen LogP contribution in [0.2, 0.25) is 0 Å². The Balaban J connectivity index is 1.26. The van der Waals surface area contributed by atoms with Gasteiger partial charge < -0.3 is 0 Å². The second kappa shape index (κ2) is 12.8. The lowest BCUT2D eigenvalue weighted by Crippen LogP contribution is -2.41. The van der Waals surface area contributed by atoms with Gasteiger partial charge in [0.1, 0.15) is 0 Å². The molecular formula is C49H76. The Morgan fingerprint density at radius 1 is 0.347 bits per heavy atom. The Morgan fingerprint density at radius 2 is 0.653 bits per heavy atom. The lowest BCUT2D eigenvalue weighted by Gasteiger charge is -2.48. The second-order valence-electron chi connectivity index (χ2n) is 22.6. The number of fused-ring (bicyclic) bond motifs is 2. The van der Waals surface area contributed by atoms with Crippen molar-refractivity contribution in [2.45, 2.75) is 195 Å². The van der Waals surface area contributed by atoms with Gasteiger partial charge in [0.25, 0.3) is 0 Å². The van der Waals surface area contributed by atoms with Crippen molar-refractivity contribution in [3.05, 3.63) is 69.8 Å². The molecule has 0 heteroatoms. The summed E-state index contributed by atoms with van der Waals surface area (Å²) in [6.07, 6.45) is 14.4. The van der Waals surface area contributed by atoms with Crippen molar-refractivity contribution in [1.29, 1.82) is 0 Å². The van der Waals surface area contributed by atoms with E-state index in [1.165, 1.54) is 64.2 Å². The Kier molecular flexibility index (Phi) is 9.74. The van der Waals surface area contributed by atoms with Crippen LogP contribution in [-0.4, -0.2) is 0 Å². The monoisotopic (exact) mass is 665 g/mol. The van der Waals surface area contributed by atoms with E-state index in [-0.39, 0.29) is 21.7 Å². The molecule has 2 aromatic rings. The van der Waals surface area contributed by atoms with Gasteiger partial charge in [-0.05, 0) is 159 Å². The van der Waals surface area contributed by atoms with Crippen LogP contribution in [0.1, 0.15) is 206 Å². The van der Waals surface area contributed by atoms with Gasteiger partial charge in [0.2, 0.25) is 0 Å². The highest BCUT2D eigenvalue weighted by molar-refractivity contribution is 5.41. The molecule has 272 valence electrons. The highest BCUT2D eigenvalue weighted by Gasteiger charge is 2.55. The zero-order chi connectivity index (χ0) is 35.9. The molecule has 0 spiro atoms. The number of rotatable bonds is 4. The Bertz CT molecular complexity index is 1300. The summed E-state index contributed by atoms with van der Waals surface area (Å²) in [7, 11) is 0. The molecule has 0 amide bonds. The van der Waals surface area contributed by atoms with Crippen molar-refractivity contribution in [1.82, 2.24) is 0 Å². The molecule has 0 nitrogen and oxygen atoms in total. The van der Waals surface area contributed by atoms with Crippen LogP contribution in [-0.2, 0) is 21.7 Å². The molecule has 6 rings (SSSR count). The predicted octanol–water partition coefficient (Wildman–Crippen LogP) is 14.4. The van der Waals surface area contributed by atoms with Gasteiger partial charge in [0.15, 0.2) is 0 Å². The van der Waals surface area contributed by atoms with Crippen LogP contribution in [0.25, 0.3) is 0 Å². The summed E-state index contributed by atoms with van der Waals surface area (Å²) in [5.41, 5.74) is 10.7. The van der Waals surface area contributed by atoms with E-state index in [1.807, 2.05) is 0 Å². The molecule has 4 aliphatic carbocycles. The van der Waals surface area contributed by atoms with Crippen molar-refractivity contribution in [2.24, 2.45) is 40.9 Å². The summed E-state index contributed by atoms with van der Waals surface area (Å²) in [5.74, 6) is 6.79. The molecular weight excluding hydrogens is 589 g/mol. The van der Waals surface area contributed by atoms with E-state index >= 15 is 0 Å². The molecule has 8 unspecified atom stereocenters. The standard InChI is InChI=1S/C49H76/c1-45(2,3)33-25-31(26-34(29-33)46(4,5)6)37-17-15-19-41-39(37)21-23-43(41)49(13,14)44-24-22-40-38(18-16-20-42(40)44)32-27-35(47(7,8)9)30-36(28-32)48(10,11)12/h25-30,37-44H,15-24H2,1-14H3. The maximum Gasteiger partial charge on any atom is -0.0131 e. The average Bonchev–Trinajstić information content (AvgIpc) is 3.64. The first kappa shape index (κ1) is 37.2. The average molecular weight is 665 g/mol. The van der Waals surface area contributed by atoms with E-state index < -0.39 is 0 Å². The smallest absolute Gasteiger partial charge is 0.0131 e. The molecule has 0 saturated heterocycles. The van der Waals surface area contributed by atoms with Crippen molar-refractivity contribution in [3.8, 4) is 0 Å². The topological polar surface area (TPSA) is 0 Å². The fourth-order valence-corrected chi connectivity index (χ4v) is 12.0. The van der Waals surface area contributed by atoms with Gasteiger partial charge in [-0.3, -0.25) is 0 Å². The summed E-state index contributed by atoms with van der Waals surface area (Å²) in [4.78, 5) is 0. The third kappa shape index (κ3) is 7.25. The summed E-state index contributed by atoms with van der Waals surface area (Å²) in [6, 6.07) is 15.6. The van der Waals surface area contributed by atoms with Crippen LogP contribution in [0.4, 0.5) is 0 Å². The van der Waals surface area contributed by atoms with Gasteiger partial charge in [0, 0.05) is 0 Å². The first-order chi connectivity index (χ1) is 22.6. The van der Waals surface area contributed by atoms with Crippen LogP contribution in [0.15, 0.2) is 36.4 Å². The van der Waals surface area contributed by atoms with Gasteiger partial charge >= 0.3 is 0 Å². The van der Waals surface area contributed by atoms with Crippen LogP contribution >= 0.6 is 0 Å². The highest BCUT2D eigenvalue weighted by atomic mass is 14.6. The molecule has 4 fully saturated rings. The zero-order valence-corrected chi connectivity index (χ0v) is 34.7. The quantitative estimate of drug-likeness (QED) is 0.305. The van der Waals surface area contributed by atoms with E-state index in [0.717, 1.165) is 47.3 Å². The molecule has 0 aromatic heterocycles. The van der Waals surface area contributed by atoms with Crippen molar-refractivity contribution >= 4 is 0 Å².